The van der Waals surface area contributed by atoms with E-state index < -0.39 is 17.1 Å². The van der Waals surface area contributed by atoms with E-state index in [0.29, 0.717) is 17.2 Å². The van der Waals surface area contributed by atoms with Crippen LogP contribution in [0.2, 0.25) is 5.02 Å². The predicted octanol–water partition coefficient (Wildman–Crippen LogP) is 4.71. The Kier molecular flexibility index (Phi) is 6.24. The van der Waals surface area contributed by atoms with Crippen LogP contribution < -0.4 is 4.74 Å². The maximum absolute atomic E-state index is 13.2. The van der Waals surface area contributed by atoms with Crippen molar-refractivity contribution >= 4 is 11.6 Å². The van der Waals surface area contributed by atoms with Crippen LogP contribution in [0.25, 0.3) is 0 Å². The summed E-state index contributed by atoms with van der Waals surface area (Å²) < 4.78 is 20.8. The van der Waals surface area contributed by atoms with Crippen molar-refractivity contribution < 1.29 is 14.2 Å². The molecule has 7 heteroatoms. The standard InChI is InChI=1S/C22H25ClFN3O2/c1-21(2,3)22(28,13-29-19-10-8-18(24)9-11-19)20(27-15-25-14-26-27)12-16-4-6-17(23)7-5-16/h4-11,14-15,20,28H,12-13H2,1-3H3. The van der Waals surface area contributed by atoms with Crippen LogP contribution in [0.5, 0.6) is 5.75 Å². The zero-order chi connectivity index (χ0) is 21.1. The first-order valence-electron chi connectivity index (χ1n) is 9.38. The summed E-state index contributed by atoms with van der Waals surface area (Å²) in [5.74, 6) is 0.143. The Morgan fingerprint density at radius 2 is 1.76 bits per heavy atom. The van der Waals surface area contributed by atoms with Gasteiger partial charge in [0.25, 0.3) is 0 Å². The van der Waals surface area contributed by atoms with Crippen LogP contribution >= 0.6 is 11.6 Å². The molecule has 0 radical (unpaired) electrons. The van der Waals surface area contributed by atoms with Crippen molar-refractivity contribution in [2.75, 3.05) is 6.61 Å². The van der Waals surface area contributed by atoms with Crippen LogP contribution in [0, 0.1) is 11.2 Å². The molecular weight excluding hydrogens is 393 g/mol. The first-order valence-corrected chi connectivity index (χ1v) is 9.76. The average molecular weight is 418 g/mol. The molecule has 29 heavy (non-hydrogen) atoms. The van der Waals surface area contributed by atoms with E-state index in [1.807, 2.05) is 45.0 Å². The summed E-state index contributed by atoms with van der Waals surface area (Å²) in [6.45, 7) is 5.85. The minimum Gasteiger partial charge on any atom is -0.490 e. The lowest BCUT2D eigenvalue weighted by atomic mass is 9.70. The summed E-state index contributed by atoms with van der Waals surface area (Å²) in [6, 6.07) is 12.8. The molecule has 2 unspecified atom stereocenters. The Hall–Kier alpha value is -2.44. The number of rotatable bonds is 7. The molecule has 0 saturated carbocycles. The molecule has 0 bridgehead atoms. The number of aliphatic hydroxyl groups is 1. The molecule has 5 nitrogen and oxygen atoms in total. The molecule has 0 aliphatic rings. The van der Waals surface area contributed by atoms with Crippen molar-refractivity contribution in [1.29, 1.82) is 0 Å². The summed E-state index contributed by atoms with van der Waals surface area (Å²) in [7, 11) is 0. The highest BCUT2D eigenvalue weighted by Gasteiger charge is 2.49. The zero-order valence-corrected chi connectivity index (χ0v) is 17.5. The highest BCUT2D eigenvalue weighted by Crippen LogP contribution is 2.41. The molecule has 0 spiro atoms. The van der Waals surface area contributed by atoms with Gasteiger partial charge in [0.2, 0.25) is 0 Å². The van der Waals surface area contributed by atoms with Crippen LogP contribution in [0.4, 0.5) is 4.39 Å². The number of aromatic nitrogens is 3. The number of benzene rings is 2. The van der Waals surface area contributed by atoms with Crippen LogP contribution in [0.1, 0.15) is 32.4 Å². The van der Waals surface area contributed by atoms with Crippen molar-refractivity contribution in [2.24, 2.45) is 5.41 Å². The largest absolute Gasteiger partial charge is 0.490 e. The number of hydrogen-bond acceptors (Lipinski definition) is 4. The van der Waals surface area contributed by atoms with Gasteiger partial charge in [-0.15, -0.1) is 0 Å². The van der Waals surface area contributed by atoms with Gasteiger partial charge in [-0.3, -0.25) is 0 Å². The van der Waals surface area contributed by atoms with Gasteiger partial charge in [-0.25, -0.2) is 14.1 Å². The predicted molar refractivity (Wildman–Crippen MR) is 111 cm³/mol. The van der Waals surface area contributed by atoms with Crippen molar-refractivity contribution in [1.82, 2.24) is 14.8 Å². The maximum Gasteiger partial charge on any atom is 0.137 e. The molecule has 2 atom stereocenters. The van der Waals surface area contributed by atoms with E-state index in [1.54, 1.807) is 23.1 Å². The number of hydrogen-bond donors (Lipinski definition) is 1. The first kappa shape index (κ1) is 21.3. The topological polar surface area (TPSA) is 60.2 Å². The van der Waals surface area contributed by atoms with Gasteiger partial charge in [-0.1, -0.05) is 44.5 Å². The fraction of sp³-hybridized carbons (Fsp3) is 0.364. The quantitative estimate of drug-likeness (QED) is 0.604. The van der Waals surface area contributed by atoms with Gasteiger partial charge < -0.3 is 9.84 Å². The minimum atomic E-state index is -1.31. The maximum atomic E-state index is 13.2. The van der Waals surface area contributed by atoms with Gasteiger partial charge in [-0.05, 0) is 53.8 Å². The summed E-state index contributed by atoms with van der Waals surface area (Å²) >= 11 is 6.02. The highest BCUT2D eigenvalue weighted by molar-refractivity contribution is 6.30. The van der Waals surface area contributed by atoms with Crippen molar-refractivity contribution in [3.63, 3.8) is 0 Å². The van der Waals surface area contributed by atoms with Gasteiger partial charge in [0.1, 0.15) is 36.4 Å². The minimum absolute atomic E-state index is 0.000247. The second kappa shape index (κ2) is 8.51. The lowest BCUT2D eigenvalue weighted by Gasteiger charge is -2.45. The zero-order valence-electron chi connectivity index (χ0n) is 16.7. The molecule has 0 aliphatic heterocycles. The molecule has 0 amide bonds. The number of ether oxygens (including phenoxy) is 1. The second-order valence-corrected chi connectivity index (χ2v) is 8.58. The number of halogens is 2. The van der Waals surface area contributed by atoms with Crippen molar-refractivity contribution in [3.8, 4) is 5.75 Å². The first-order chi connectivity index (χ1) is 13.7. The molecule has 1 aromatic heterocycles. The Balaban J connectivity index is 1.94. The van der Waals surface area contributed by atoms with E-state index in [9.17, 15) is 9.50 Å². The van der Waals surface area contributed by atoms with Gasteiger partial charge in [0, 0.05) is 5.02 Å². The lowest BCUT2D eigenvalue weighted by molar-refractivity contribution is -0.126. The highest BCUT2D eigenvalue weighted by atomic mass is 35.5. The Labute approximate surface area is 175 Å². The molecule has 0 aliphatic carbocycles. The van der Waals surface area contributed by atoms with Gasteiger partial charge >= 0.3 is 0 Å². The Bertz CT molecular complexity index is 909. The van der Waals surface area contributed by atoms with Crippen LogP contribution in [-0.4, -0.2) is 32.1 Å². The lowest BCUT2D eigenvalue weighted by Crippen LogP contribution is -2.55. The monoisotopic (exact) mass is 417 g/mol. The molecule has 3 rings (SSSR count). The summed E-state index contributed by atoms with van der Waals surface area (Å²) in [4.78, 5) is 4.06. The third-order valence-electron chi connectivity index (χ3n) is 5.22. The smallest absolute Gasteiger partial charge is 0.137 e. The molecule has 0 fully saturated rings. The molecule has 0 saturated heterocycles. The fourth-order valence-electron chi connectivity index (χ4n) is 3.24. The molecule has 3 aromatic rings. The van der Waals surface area contributed by atoms with Crippen LogP contribution in [-0.2, 0) is 6.42 Å². The molecule has 1 heterocycles. The van der Waals surface area contributed by atoms with Gasteiger partial charge in [-0.2, -0.15) is 5.10 Å². The third-order valence-corrected chi connectivity index (χ3v) is 5.47. The molecule has 2 aromatic carbocycles. The number of nitrogens with zero attached hydrogens (tertiary/aromatic N) is 3. The van der Waals surface area contributed by atoms with E-state index in [0.717, 1.165) is 5.56 Å². The van der Waals surface area contributed by atoms with E-state index in [-0.39, 0.29) is 12.4 Å². The van der Waals surface area contributed by atoms with Crippen LogP contribution in [0.15, 0.2) is 61.2 Å². The third kappa shape index (κ3) is 4.95. The van der Waals surface area contributed by atoms with Gasteiger partial charge in [0.05, 0.1) is 6.04 Å². The normalized spacial score (nSPS) is 15.0. The molecule has 1 N–H and O–H groups in total. The average Bonchev–Trinajstić information content (AvgIpc) is 3.20. The Morgan fingerprint density at radius 3 is 2.31 bits per heavy atom. The van der Waals surface area contributed by atoms with Crippen molar-refractivity contribution in [3.05, 3.63) is 77.6 Å². The SMILES string of the molecule is CC(C)(C)C(O)(COc1ccc(F)cc1)C(Cc1ccc(Cl)cc1)n1cncn1. The van der Waals surface area contributed by atoms with E-state index in [4.69, 9.17) is 16.3 Å². The van der Waals surface area contributed by atoms with E-state index in [1.165, 1.54) is 18.5 Å². The Morgan fingerprint density at radius 1 is 1.10 bits per heavy atom. The summed E-state index contributed by atoms with van der Waals surface area (Å²) in [5, 5.41) is 16.8. The molecular formula is C22H25ClFN3O2. The van der Waals surface area contributed by atoms with Crippen LogP contribution in [0.3, 0.4) is 0 Å². The summed E-state index contributed by atoms with van der Waals surface area (Å²) in [5.41, 5.74) is -0.871. The molecule has 154 valence electrons. The summed E-state index contributed by atoms with van der Waals surface area (Å²) in [6.07, 6.45) is 3.54. The van der Waals surface area contributed by atoms with Crippen molar-refractivity contribution in [2.45, 2.75) is 38.8 Å². The second-order valence-electron chi connectivity index (χ2n) is 8.14. The van der Waals surface area contributed by atoms with Gasteiger partial charge in [0.15, 0.2) is 0 Å². The fourth-order valence-corrected chi connectivity index (χ4v) is 3.37. The van der Waals surface area contributed by atoms with E-state index in [2.05, 4.69) is 10.1 Å². The van der Waals surface area contributed by atoms with E-state index >= 15 is 0 Å².